The summed E-state index contributed by atoms with van der Waals surface area (Å²) >= 11 is 0. The minimum Gasteiger partial charge on any atom is -0.594 e. The molecule has 0 saturated heterocycles. The molecule has 1 unspecified atom stereocenters. The molecule has 2 aromatic rings. The second-order valence-corrected chi connectivity index (χ2v) is 4.00. The molecule has 0 amide bonds. The van der Waals surface area contributed by atoms with E-state index in [4.69, 9.17) is 16.2 Å². The maximum absolute atomic E-state index is 11.8. The third-order valence-electron chi connectivity index (χ3n) is 2.71. The van der Waals surface area contributed by atoms with Gasteiger partial charge in [0, 0.05) is 11.6 Å². The Morgan fingerprint density at radius 1 is 1.50 bits per heavy atom. The Morgan fingerprint density at radius 2 is 2.22 bits per heavy atom. The molecule has 2 rings (SSSR count). The van der Waals surface area contributed by atoms with Gasteiger partial charge in [-0.3, -0.25) is 0 Å². The molecule has 1 heterocycles. The van der Waals surface area contributed by atoms with E-state index in [0.717, 1.165) is 5.56 Å². The Kier molecular flexibility index (Phi) is 3.26. The molecular weight excluding hydrogens is 234 g/mol. The molecule has 0 bridgehead atoms. The molecule has 1 atom stereocenters. The van der Waals surface area contributed by atoms with Crippen molar-refractivity contribution in [3.8, 4) is 5.75 Å². The van der Waals surface area contributed by atoms with E-state index in [9.17, 15) is 5.21 Å². The third-order valence-corrected chi connectivity index (χ3v) is 2.71. The zero-order valence-electron chi connectivity index (χ0n) is 10.3. The highest BCUT2D eigenvalue weighted by Gasteiger charge is 2.17. The Balaban J connectivity index is 2.66. The molecule has 0 saturated carbocycles. The van der Waals surface area contributed by atoms with Gasteiger partial charge in [-0.25, -0.2) is 4.98 Å². The highest BCUT2D eigenvalue weighted by molar-refractivity contribution is 5.74. The molecule has 0 fully saturated rings. The summed E-state index contributed by atoms with van der Waals surface area (Å²) < 4.78 is 5.15. The van der Waals surface area contributed by atoms with Gasteiger partial charge in [-0.1, -0.05) is 0 Å². The van der Waals surface area contributed by atoms with Crippen molar-refractivity contribution in [2.24, 2.45) is 11.5 Å². The molecule has 0 aliphatic heterocycles. The van der Waals surface area contributed by atoms with Gasteiger partial charge in [0.2, 0.25) is 5.82 Å². The number of rotatable bonds is 3. The summed E-state index contributed by atoms with van der Waals surface area (Å²) in [5, 5.41) is 15.6. The zero-order valence-corrected chi connectivity index (χ0v) is 10.3. The standard InChI is InChI=1S/C11H15N5O2/c1-6-3-8-9(4-10(6)18-2)16(17)15-11(14-8)7(13)5-12/h3-4,7H,5,12-13H2,1-2H3. The van der Waals surface area contributed by atoms with Gasteiger partial charge < -0.3 is 21.4 Å². The molecular formula is C11H15N5O2. The van der Waals surface area contributed by atoms with Crippen LogP contribution in [0, 0.1) is 12.1 Å². The summed E-state index contributed by atoms with van der Waals surface area (Å²) in [7, 11) is 1.54. The second kappa shape index (κ2) is 4.71. The van der Waals surface area contributed by atoms with E-state index in [2.05, 4.69) is 10.1 Å². The fourth-order valence-corrected chi connectivity index (χ4v) is 1.68. The smallest absolute Gasteiger partial charge is 0.274 e. The van der Waals surface area contributed by atoms with Crippen LogP contribution >= 0.6 is 0 Å². The number of benzene rings is 1. The van der Waals surface area contributed by atoms with Crippen LogP contribution in [0.25, 0.3) is 11.0 Å². The van der Waals surface area contributed by atoms with Gasteiger partial charge in [-0.2, -0.15) is 0 Å². The van der Waals surface area contributed by atoms with E-state index in [-0.39, 0.29) is 12.4 Å². The molecule has 7 heteroatoms. The monoisotopic (exact) mass is 249 g/mol. The highest BCUT2D eigenvalue weighted by atomic mass is 16.5. The van der Waals surface area contributed by atoms with Crippen LogP contribution in [-0.2, 0) is 0 Å². The van der Waals surface area contributed by atoms with Crippen molar-refractivity contribution in [1.82, 2.24) is 10.1 Å². The Bertz CT molecular complexity index is 587. The average molecular weight is 249 g/mol. The molecule has 18 heavy (non-hydrogen) atoms. The fraction of sp³-hybridized carbons (Fsp3) is 0.364. The molecule has 96 valence electrons. The Labute approximate surface area is 104 Å². The lowest BCUT2D eigenvalue weighted by Gasteiger charge is -2.09. The number of ether oxygens (including phenoxy) is 1. The van der Waals surface area contributed by atoms with Crippen LogP contribution in [0.2, 0.25) is 0 Å². The fourth-order valence-electron chi connectivity index (χ4n) is 1.68. The van der Waals surface area contributed by atoms with Crippen LogP contribution in [0.1, 0.15) is 17.4 Å². The lowest BCUT2D eigenvalue weighted by atomic mass is 10.2. The van der Waals surface area contributed by atoms with Crippen molar-refractivity contribution in [3.05, 3.63) is 28.7 Å². The highest BCUT2D eigenvalue weighted by Crippen LogP contribution is 2.22. The van der Waals surface area contributed by atoms with Crippen LogP contribution in [-0.4, -0.2) is 23.7 Å². The first kappa shape index (κ1) is 12.5. The van der Waals surface area contributed by atoms with Crippen molar-refractivity contribution < 1.29 is 9.58 Å². The van der Waals surface area contributed by atoms with Crippen LogP contribution < -0.4 is 21.0 Å². The van der Waals surface area contributed by atoms with E-state index in [1.54, 1.807) is 19.2 Å². The van der Waals surface area contributed by atoms with Gasteiger partial charge in [-0.15, -0.1) is 0 Å². The quantitative estimate of drug-likeness (QED) is 0.562. The molecule has 1 aromatic heterocycles. The number of nitrogens with two attached hydrogens (primary N) is 2. The van der Waals surface area contributed by atoms with Gasteiger partial charge in [-0.05, 0) is 23.4 Å². The van der Waals surface area contributed by atoms with Crippen LogP contribution in [0.5, 0.6) is 5.75 Å². The first-order valence-corrected chi connectivity index (χ1v) is 5.48. The van der Waals surface area contributed by atoms with E-state index in [1.165, 1.54) is 0 Å². The van der Waals surface area contributed by atoms with E-state index < -0.39 is 6.04 Å². The largest absolute Gasteiger partial charge is 0.594 e. The summed E-state index contributed by atoms with van der Waals surface area (Å²) in [6, 6.07) is 2.82. The second-order valence-electron chi connectivity index (χ2n) is 4.00. The van der Waals surface area contributed by atoms with E-state index in [0.29, 0.717) is 21.6 Å². The van der Waals surface area contributed by atoms with Crippen LogP contribution in [0.15, 0.2) is 12.1 Å². The number of aryl methyl sites for hydroxylation is 1. The van der Waals surface area contributed by atoms with Crippen LogP contribution in [0.3, 0.4) is 0 Å². The van der Waals surface area contributed by atoms with E-state index in [1.807, 2.05) is 6.92 Å². The number of nitrogens with zero attached hydrogens (tertiary/aromatic N) is 3. The lowest BCUT2D eigenvalue weighted by Crippen LogP contribution is -2.37. The molecule has 0 aliphatic carbocycles. The number of aromatic nitrogens is 3. The van der Waals surface area contributed by atoms with Crippen molar-refractivity contribution in [1.29, 1.82) is 0 Å². The predicted octanol–water partition coefficient (Wildman–Crippen LogP) is -0.461. The SMILES string of the molecule is COc1cc2c(cc1C)nc(C(N)CN)n[n+]2[O-]. The summed E-state index contributed by atoms with van der Waals surface area (Å²) in [6.07, 6.45) is 0. The van der Waals surface area contributed by atoms with Gasteiger partial charge in [0.15, 0.2) is 0 Å². The number of methoxy groups -OCH3 is 1. The van der Waals surface area contributed by atoms with Gasteiger partial charge in [0.25, 0.3) is 5.52 Å². The maximum Gasteiger partial charge on any atom is 0.274 e. The number of hydrogen-bond donors (Lipinski definition) is 2. The van der Waals surface area contributed by atoms with Crippen molar-refractivity contribution in [3.63, 3.8) is 0 Å². The molecule has 1 aromatic carbocycles. The van der Waals surface area contributed by atoms with Gasteiger partial charge in [0.05, 0.1) is 19.2 Å². The van der Waals surface area contributed by atoms with Crippen molar-refractivity contribution >= 4 is 11.0 Å². The first-order valence-electron chi connectivity index (χ1n) is 5.48. The average Bonchev–Trinajstić information content (AvgIpc) is 2.36. The molecule has 4 N–H and O–H groups in total. The summed E-state index contributed by atoms with van der Waals surface area (Å²) in [5.74, 6) is 0.858. The first-order chi connectivity index (χ1) is 8.56. The predicted molar refractivity (Wildman–Crippen MR) is 65.8 cm³/mol. The summed E-state index contributed by atoms with van der Waals surface area (Å²) in [4.78, 5) is 4.75. The minimum atomic E-state index is -0.544. The lowest BCUT2D eigenvalue weighted by molar-refractivity contribution is -0.644. The summed E-state index contributed by atoms with van der Waals surface area (Å²) in [6.45, 7) is 2.05. The Hall–Kier alpha value is -1.99. The van der Waals surface area contributed by atoms with Crippen molar-refractivity contribution in [2.75, 3.05) is 13.7 Å². The molecule has 0 spiro atoms. The van der Waals surface area contributed by atoms with Gasteiger partial charge >= 0.3 is 0 Å². The number of hydrogen-bond acceptors (Lipinski definition) is 6. The topological polar surface area (TPSA) is 114 Å². The van der Waals surface area contributed by atoms with Crippen LogP contribution in [0.4, 0.5) is 0 Å². The maximum atomic E-state index is 11.8. The molecule has 0 radical (unpaired) electrons. The minimum absolute atomic E-state index is 0.181. The molecule has 7 nitrogen and oxygen atoms in total. The van der Waals surface area contributed by atoms with Gasteiger partial charge in [0.1, 0.15) is 11.3 Å². The Morgan fingerprint density at radius 3 is 2.83 bits per heavy atom. The summed E-state index contributed by atoms with van der Waals surface area (Å²) in [5.41, 5.74) is 12.9. The third kappa shape index (κ3) is 2.05. The normalized spacial score (nSPS) is 12.7. The number of fused-ring (bicyclic) bond motifs is 1. The molecule has 0 aliphatic rings. The van der Waals surface area contributed by atoms with Crippen molar-refractivity contribution in [2.45, 2.75) is 13.0 Å². The van der Waals surface area contributed by atoms with E-state index >= 15 is 0 Å². The zero-order chi connectivity index (χ0) is 13.3.